The molecule has 6 nitrogen and oxygen atoms in total. The molecule has 1 aliphatic heterocycles. The minimum Gasteiger partial charge on any atom is -0.481 e. The van der Waals surface area contributed by atoms with E-state index in [1.165, 1.54) is 0 Å². The second-order valence-electron chi connectivity index (χ2n) is 4.71. The molecule has 0 radical (unpaired) electrons. The molecule has 20 heavy (non-hydrogen) atoms. The lowest BCUT2D eigenvalue weighted by Gasteiger charge is -2.33. The molecule has 1 fully saturated rings. The Bertz CT molecular complexity index is 505. The first kappa shape index (κ1) is 14.3. The molecule has 0 aliphatic carbocycles. The topological polar surface area (TPSA) is 86.5 Å². The van der Waals surface area contributed by atoms with Crippen molar-refractivity contribution in [1.82, 2.24) is 4.98 Å². The highest BCUT2D eigenvalue weighted by Crippen LogP contribution is 2.21. The summed E-state index contributed by atoms with van der Waals surface area (Å²) in [5, 5.41) is 17.4. The van der Waals surface area contributed by atoms with Crippen molar-refractivity contribution >= 4 is 11.7 Å². The number of carboxylic acid groups (broad SMARTS) is 1. The molecular formula is C14H17N3O3. The van der Waals surface area contributed by atoms with Gasteiger partial charge in [-0.2, -0.15) is 5.26 Å². The maximum atomic E-state index is 10.4. The fraction of sp³-hybridized carbons (Fsp3) is 0.500. The van der Waals surface area contributed by atoms with Crippen LogP contribution in [-0.4, -0.2) is 41.9 Å². The van der Waals surface area contributed by atoms with Gasteiger partial charge >= 0.3 is 5.97 Å². The van der Waals surface area contributed by atoms with Gasteiger partial charge in [0.05, 0.1) is 19.1 Å². The Hall–Kier alpha value is -2.13. The highest BCUT2D eigenvalue weighted by molar-refractivity contribution is 5.66. The minimum absolute atomic E-state index is 0.0517. The molecule has 1 N–H and O–H groups in total. The maximum Gasteiger partial charge on any atom is 0.305 e. The zero-order chi connectivity index (χ0) is 14.4. The number of carboxylic acids is 1. The van der Waals surface area contributed by atoms with E-state index in [9.17, 15) is 4.79 Å². The number of anilines is 1. The fourth-order valence-corrected chi connectivity index (χ4v) is 2.27. The standard InChI is InChI=1S/C14H17N3O3/c15-10-11-9-12(1-5-16-11)17-6-2-13(3-7-17)20-8-4-14(18)19/h1,5,9,13H,2-4,6-8H2,(H,18,19). The van der Waals surface area contributed by atoms with E-state index in [0.717, 1.165) is 31.6 Å². The van der Waals surface area contributed by atoms with E-state index < -0.39 is 5.97 Å². The lowest BCUT2D eigenvalue weighted by molar-refractivity contribution is -0.138. The van der Waals surface area contributed by atoms with Crippen LogP contribution in [0.15, 0.2) is 18.3 Å². The average Bonchev–Trinajstić information content (AvgIpc) is 2.48. The number of nitrogens with zero attached hydrogens (tertiary/aromatic N) is 3. The monoisotopic (exact) mass is 275 g/mol. The fourth-order valence-electron chi connectivity index (χ4n) is 2.27. The van der Waals surface area contributed by atoms with Crippen LogP contribution in [0, 0.1) is 11.3 Å². The number of pyridine rings is 1. The number of hydrogen-bond acceptors (Lipinski definition) is 5. The number of piperidine rings is 1. The quantitative estimate of drug-likeness (QED) is 0.874. The summed E-state index contributed by atoms with van der Waals surface area (Å²) in [6.45, 7) is 1.95. The first-order valence-electron chi connectivity index (χ1n) is 6.63. The Morgan fingerprint density at radius 1 is 1.55 bits per heavy atom. The van der Waals surface area contributed by atoms with E-state index in [2.05, 4.69) is 9.88 Å². The highest BCUT2D eigenvalue weighted by Gasteiger charge is 2.20. The van der Waals surface area contributed by atoms with Gasteiger partial charge in [0.2, 0.25) is 0 Å². The van der Waals surface area contributed by atoms with Gasteiger partial charge in [-0.3, -0.25) is 4.79 Å². The molecule has 6 heteroatoms. The Kier molecular flexibility index (Phi) is 4.91. The average molecular weight is 275 g/mol. The van der Waals surface area contributed by atoms with Crippen molar-refractivity contribution in [3.8, 4) is 6.07 Å². The summed E-state index contributed by atoms with van der Waals surface area (Å²) >= 11 is 0. The second-order valence-corrected chi connectivity index (χ2v) is 4.71. The van der Waals surface area contributed by atoms with Gasteiger partial charge in [-0.25, -0.2) is 4.98 Å². The Balaban J connectivity index is 1.82. The molecule has 1 aromatic rings. The maximum absolute atomic E-state index is 10.4. The molecule has 2 heterocycles. The van der Waals surface area contributed by atoms with Crippen LogP contribution >= 0.6 is 0 Å². The van der Waals surface area contributed by atoms with Crippen molar-refractivity contribution in [2.45, 2.75) is 25.4 Å². The highest BCUT2D eigenvalue weighted by atomic mass is 16.5. The van der Waals surface area contributed by atoms with Crippen molar-refractivity contribution in [3.05, 3.63) is 24.0 Å². The van der Waals surface area contributed by atoms with Crippen LogP contribution in [-0.2, 0) is 9.53 Å². The molecule has 106 valence electrons. The molecule has 0 aromatic carbocycles. The number of hydrogen-bond donors (Lipinski definition) is 1. The summed E-state index contributed by atoms with van der Waals surface area (Å²) < 4.78 is 5.55. The van der Waals surface area contributed by atoms with Crippen LogP contribution in [0.5, 0.6) is 0 Å². The molecule has 0 bridgehead atoms. The van der Waals surface area contributed by atoms with Crippen molar-refractivity contribution < 1.29 is 14.6 Å². The number of nitriles is 1. The Morgan fingerprint density at radius 2 is 2.30 bits per heavy atom. The summed E-state index contributed by atoms with van der Waals surface area (Å²) in [6, 6.07) is 5.71. The number of rotatable bonds is 5. The van der Waals surface area contributed by atoms with Gasteiger partial charge in [0.15, 0.2) is 0 Å². The van der Waals surface area contributed by atoms with Gasteiger partial charge in [0.1, 0.15) is 11.8 Å². The number of aromatic nitrogens is 1. The molecule has 0 saturated carbocycles. The van der Waals surface area contributed by atoms with E-state index in [1.807, 2.05) is 12.1 Å². The molecule has 1 aromatic heterocycles. The smallest absolute Gasteiger partial charge is 0.305 e. The SMILES string of the molecule is N#Cc1cc(N2CCC(OCCC(=O)O)CC2)ccn1. The van der Waals surface area contributed by atoms with Crippen molar-refractivity contribution in [3.63, 3.8) is 0 Å². The number of carbonyl (C=O) groups is 1. The van der Waals surface area contributed by atoms with Gasteiger partial charge in [-0.15, -0.1) is 0 Å². The zero-order valence-electron chi connectivity index (χ0n) is 11.2. The molecular weight excluding hydrogens is 258 g/mol. The molecule has 0 spiro atoms. The summed E-state index contributed by atoms with van der Waals surface area (Å²) in [5.41, 5.74) is 1.42. The second kappa shape index (κ2) is 6.87. The van der Waals surface area contributed by atoms with Crippen LogP contribution in [0.2, 0.25) is 0 Å². The van der Waals surface area contributed by atoms with Crippen molar-refractivity contribution in [1.29, 1.82) is 5.26 Å². The molecule has 0 amide bonds. The van der Waals surface area contributed by atoms with Gasteiger partial charge in [0, 0.05) is 25.0 Å². The summed E-state index contributed by atoms with van der Waals surface area (Å²) in [5.74, 6) is -0.830. The Labute approximate surface area is 117 Å². The van der Waals surface area contributed by atoms with Gasteiger partial charge in [0.25, 0.3) is 0 Å². The molecule has 1 aliphatic rings. The summed E-state index contributed by atoms with van der Waals surface area (Å²) in [7, 11) is 0. The normalized spacial score (nSPS) is 15.8. The largest absolute Gasteiger partial charge is 0.481 e. The van der Waals surface area contributed by atoms with E-state index in [1.54, 1.807) is 12.3 Å². The first-order valence-corrected chi connectivity index (χ1v) is 6.63. The minimum atomic E-state index is -0.830. The summed E-state index contributed by atoms with van der Waals surface area (Å²) in [4.78, 5) is 16.6. The van der Waals surface area contributed by atoms with Gasteiger partial charge < -0.3 is 14.7 Å². The lowest BCUT2D eigenvalue weighted by atomic mass is 10.1. The van der Waals surface area contributed by atoms with Gasteiger partial charge in [-0.05, 0) is 25.0 Å². The van der Waals surface area contributed by atoms with Crippen LogP contribution < -0.4 is 4.90 Å². The third-order valence-electron chi connectivity index (χ3n) is 3.33. The number of ether oxygens (including phenoxy) is 1. The molecule has 2 rings (SSSR count). The van der Waals surface area contributed by atoms with E-state index in [0.29, 0.717) is 5.69 Å². The zero-order valence-corrected chi connectivity index (χ0v) is 11.2. The third-order valence-corrected chi connectivity index (χ3v) is 3.33. The molecule has 0 atom stereocenters. The van der Waals surface area contributed by atoms with Crippen LogP contribution in [0.25, 0.3) is 0 Å². The third kappa shape index (κ3) is 3.93. The number of aliphatic carboxylic acids is 1. The summed E-state index contributed by atoms with van der Waals surface area (Å²) in [6.07, 6.45) is 3.55. The molecule has 1 saturated heterocycles. The van der Waals surface area contributed by atoms with Crippen molar-refractivity contribution in [2.75, 3.05) is 24.6 Å². The van der Waals surface area contributed by atoms with E-state index >= 15 is 0 Å². The van der Waals surface area contributed by atoms with Crippen LogP contribution in [0.3, 0.4) is 0 Å². The van der Waals surface area contributed by atoms with E-state index in [4.69, 9.17) is 15.1 Å². The molecule has 0 unspecified atom stereocenters. The van der Waals surface area contributed by atoms with Crippen LogP contribution in [0.1, 0.15) is 25.0 Å². The Morgan fingerprint density at radius 3 is 2.95 bits per heavy atom. The predicted octanol–water partition coefficient (Wildman–Crippen LogP) is 1.41. The lowest BCUT2D eigenvalue weighted by Crippen LogP contribution is -2.37. The predicted molar refractivity (Wildman–Crippen MR) is 72.4 cm³/mol. The van der Waals surface area contributed by atoms with Crippen molar-refractivity contribution in [2.24, 2.45) is 0 Å². The first-order chi connectivity index (χ1) is 9.69. The van der Waals surface area contributed by atoms with E-state index in [-0.39, 0.29) is 19.1 Å². The van der Waals surface area contributed by atoms with Gasteiger partial charge in [-0.1, -0.05) is 0 Å². The van der Waals surface area contributed by atoms with Crippen LogP contribution in [0.4, 0.5) is 5.69 Å².